The first-order valence-corrected chi connectivity index (χ1v) is 15.0. The highest BCUT2D eigenvalue weighted by atomic mass is 19.1. The van der Waals surface area contributed by atoms with E-state index in [0.717, 1.165) is 61.4 Å². The molecule has 2 aliphatic carbocycles. The van der Waals surface area contributed by atoms with Crippen LogP contribution in [0.1, 0.15) is 92.7 Å². The number of hydrogen-bond acceptors (Lipinski definition) is 3. The van der Waals surface area contributed by atoms with Crippen LogP contribution in [0.5, 0.6) is 0 Å². The summed E-state index contributed by atoms with van der Waals surface area (Å²) in [4.78, 5) is 44.4. The van der Waals surface area contributed by atoms with Crippen LogP contribution in [-0.2, 0) is 16.0 Å². The summed E-state index contributed by atoms with van der Waals surface area (Å²) in [7, 11) is 0. The second-order valence-corrected chi connectivity index (χ2v) is 12.5. The van der Waals surface area contributed by atoms with E-state index < -0.39 is 5.97 Å². The number of carbonyl (C=O) groups is 3. The predicted octanol–water partition coefficient (Wildman–Crippen LogP) is 6.50. The van der Waals surface area contributed by atoms with Gasteiger partial charge >= 0.3 is 5.97 Å². The van der Waals surface area contributed by atoms with Crippen LogP contribution in [0.25, 0.3) is 10.9 Å². The molecule has 2 heterocycles. The number of alkyl halides is 1. The third-order valence-electron chi connectivity index (χ3n) is 10.2. The number of rotatable bonds is 8. The lowest BCUT2D eigenvalue weighted by atomic mass is 9.74. The molecule has 2 aromatic rings. The lowest BCUT2D eigenvalue weighted by Crippen LogP contribution is -2.48. The molecule has 3 aliphatic rings. The van der Waals surface area contributed by atoms with Crippen molar-refractivity contribution >= 4 is 28.6 Å². The number of aryl methyl sites for hydroxylation is 1. The molecule has 2 saturated carbocycles. The third kappa shape index (κ3) is 5.64. The SMILES string of the molecule is Cc1c(C(=O)O)[nH]c2ccc(CC(=O)[C@@H]3[C@H](C4CCCCC4)CCN3C(=O)C3CCC(C(C)CF)CC3)cc12. The fourth-order valence-electron chi connectivity index (χ4n) is 7.83. The van der Waals surface area contributed by atoms with E-state index in [1.54, 1.807) is 6.92 Å². The molecule has 0 bridgehead atoms. The van der Waals surface area contributed by atoms with Crippen LogP contribution in [-0.4, -0.2) is 51.9 Å². The Morgan fingerprint density at radius 3 is 2.44 bits per heavy atom. The van der Waals surface area contributed by atoms with Gasteiger partial charge in [0.05, 0.1) is 12.7 Å². The number of nitrogens with zero attached hydrogens (tertiary/aromatic N) is 1. The second kappa shape index (κ2) is 11.8. The van der Waals surface area contributed by atoms with Gasteiger partial charge in [0, 0.05) is 29.8 Å². The first-order chi connectivity index (χ1) is 18.8. The number of amides is 1. The van der Waals surface area contributed by atoms with E-state index in [1.807, 2.05) is 30.0 Å². The zero-order valence-electron chi connectivity index (χ0n) is 23.4. The first-order valence-electron chi connectivity index (χ1n) is 15.0. The molecule has 7 heteroatoms. The standard InChI is InChI=1S/C32H43FN2O4/c1-19(18-33)22-9-11-24(12-10-22)31(37)35-15-14-25(23-6-4-3-5-7-23)30(35)28(36)17-21-8-13-27-26(16-21)20(2)29(34-27)32(38)39/h8,13,16,19,22-25,30,34H,3-7,9-12,14-15,17-18H2,1-2H3,(H,38,39)/t19?,22?,24?,25-,30-/m0/s1. The first kappa shape index (κ1) is 27.9. The Balaban J connectivity index is 1.36. The molecule has 39 heavy (non-hydrogen) atoms. The minimum Gasteiger partial charge on any atom is -0.477 e. The highest BCUT2D eigenvalue weighted by molar-refractivity contribution is 5.98. The number of halogens is 1. The van der Waals surface area contributed by atoms with E-state index in [0.29, 0.717) is 23.9 Å². The van der Waals surface area contributed by atoms with Crippen LogP contribution in [0.15, 0.2) is 18.2 Å². The van der Waals surface area contributed by atoms with Gasteiger partial charge in [-0.25, -0.2) is 4.79 Å². The van der Waals surface area contributed by atoms with Crippen LogP contribution in [0, 0.1) is 36.5 Å². The fourth-order valence-corrected chi connectivity index (χ4v) is 7.83. The minimum absolute atomic E-state index is 0.0467. The number of H-pyrrole nitrogens is 1. The molecule has 1 saturated heterocycles. The monoisotopic (exact) mass is 538 g/mol. The van der Waals surface area contributed by atoms with Gasteiger partial charge in [-0.1, -0.05) is 45.1 Å². The number of aromatic amines is 1. The van der Waals surface area contributed by atoms with Gasteiger partial charge in [-0.05, 0) is 86.0 Å². The second-order valence-electron chi connectivity index (χ2n) is 12.5. The Morgan fingerprint density at radius 1 is 1.05 bits per heavy atom. The van der Waals surface area contributed by atoms with E-state index in [9.17, 15) is 23.9 Å². The Labute approximate surface area is 230 Å². The number of fused-ring (bicyclic) bond motifs is 1. The minimum atomic E-state index is -0.995. The maximum absolute atomic E-state index is 14.0. The van der Waals surface area contributed by atoms with Crippen LogP contribution >= 0.6 is 0 Å². The van der Waals surface area contributed by atoms with Gasteiger partial charge < -0.3 is 15.0 Å². The normalized spacial score (nSPS) is 27.1. The number of carboxylic acid groups (broad SMARTS) is 1. The van der Waals surface area contributed by atoms with E-state index in [4.69, 9.17) is 0 Å². The molecule has 6 nitrogen and oxygen atoms in total. The van der Waals surface area contributed by atoms with Crippen LogP contribution < -0.4 is 0 Å². The van der Waals surface area contributed by atoms with E-state index in [-0.39, 0.29) is 54.3 Å². The molecular formula is C32H43FN2O4. The highest BCUT2D eigenvalue weighted by Crippen LogP contribution is 2.42. The predicted molar refractivity (Wildman–Crippen MR) is 149 cm³/mol. The van der Waals surface area contributed by atoms with Crippen LogP contribution in [0.3, 0.4) is 0 Å². The summed E-state index contributed by atoms with van der Waals surface area (Å²) >= 11 is 0. The zero-order chi connectivity index (χ0) is 27.7. The van der Waals surface area contributed by atoms with E-state index in [1.165, 1.54) is 19.3 Å². The summed E-state index contributed by atoms with van der Waals surface area (Å²) in [6.45, 7) is 4.09. The topological polar surface area (TPSA) is 90.5 Å². The molecule has 1 aromatic heterocycles. The van der Waals surface area contributed by atoms with Gasteiger partial charge in [0.2, 0.25) is 5.91 Å². The summed E-state index contributed by atoms with van der Waals surface area (Å²) in [6.07, 6.45) is 10.4. The molecule has 3 fully saturated rings. The highest BCUT2D eigenvalue weighted by Gasteiger charge is 2.46. The number of nitrogens with one attached hydrogen (secondary N) is 1. The van der Waals surface area contributed by atoms with Gasteiger partial charge in [-0.3, -0.25) is 14.0 Å². The lowest BCUT2D eigenvalue weighted by Gasteiger charge is -2.37. The molecule has 1 aromatic carbocycles. The lowest BCUT2D eigenvalue weighted by molar-refractivity contribution is -0.143. The van der Waals surface area contributed by atoms with Crippen molar-refractivity contribution in [1.82, 2.24) is 9.88 Å². The summed E-state index contributed by atoms with van der Waals surface area (Å²) in [5, 5.41) is 10.3. The number of aromatic carboxylic acids is 1. The van der Waals surface area contributed by atoms with Crippen molar-refractivity contribution in [2.75, 3.05) is 13.2 Å². The van der Waals surface area contributed by atoms with E-state index >= 15 is 0 Å². The molecule has 212 valence electrons. The smallest absolute Gasteiger partial charge is 0.352 e. The van der Waals surface area contributed by atoms with Crippen molar-refractivity contribution in [3.05, 3.63) is 35.0 Å². The number of benzene rings is 1. The number of carbonyl (C=O) groups excluding carboxylic acids is 2. The average Bonchev–Trinajstić information content (AvgIpc) is 3.54. The number of carboxylic acids is 1. The summed E-state index contributed by atoms with van der Waals surface area (Å²) in [5.41, 5.74) is 2.45. The zero-order valence-corrected chi connectivity index (χ0v) is 23.4. The number of hydrogen-bond donors (Lipinski definition) is 2. The molecule has 0 radical (unpaired) electrons. The van der Waals surface area contributed by atoms with Crippen molar-refractivity contribution in [2.24, 2.45) is 29.6 Å². The molecule has 0 spiro atoms. The van der Waals surface area contributed by atoms with Crippen molar-refractivity contribution in [1.29, 1.82) is 0 Å². The average molecular weight is 539 g/mol. The van der Waals surface area contributed by atoms with E-state index in [2.05, 4.69) is 4.98 Å². The largest absolute Gasteiger partial charge is 0.477 e. The molecule has 5 rings (SSSR count). The Kier molecular flexibility index (Phi) is 8.43. The number of aromatic nitrogens is 1. The van der Waals surface area contributed by atoms with Crippen molar-refractivity contribution < 1.29 is 23.9 Å². The Hall–Kier alpha value is -2.70. The number of likely N-dealkylation sites (tertiary alicyclic amines) is 1. The maximum Gasteiger partial charge on any atom is 0.352 e. The van der Waals surface area contributed by atoms with Crippen LogP contribution in [0.2, 0.25) is 0 Å². The van der Waals surface area contributed by atoms with Gasteiger partial charge in [0.15, 0.2) is 5.78 Å². The Morgan fingerprint density at radius 2 is 1.77 bits per heavy atom. The molecule has 1 aliphatic heterocycles. The summed E-state index contributed by atoms with van der Waals surface area (Å²) in [6, 6.07) is 5.28. The Bertz CT molecular complexity index is 1210. The maximum atomic E-state index is 14.0. The number of Topliss-reactive ketones (excluding diaryl/α,β-unsaturated/α-hetero) is 1. The quantitative estimate of drug-likeness (QED) is 0.402. The summed E-state index contributed by atoms with van der Waals surface area (Å²) < 4.78 is 13.2. The summed E-state index contributed by atoms with van der Waals surface area (Å²) in [5.74, 6) is 0.249. The van der Waals surface area contributed by atoms with Crippen molar-refractivity contribution in [3.63, 3.8) is 0 Å². The van der Waals surface area contributed by atoms with Crippen molar-refractivity contribution in [2.45, 2.75) is 90.5 Å². The molecular weight excluding hydrogens is 495 g/mol. The fraction of sp³-hybridized carbons (Fsp3) is 0.656. The molecule has 1 amide bonds. The molecule has 1 unspecified atom stereocenters. The molecule has 2 N–H and O–H groups in total. The van der Waals surface area contributed by atoms with Crippen LogP contribution in [0.4, 0.5) is 4.39 Å². The van der Waals surface area contributed by atoms with Gasteiger partial charge in [0.25, 0.3) is 0 Å². The van der Waals surface area contributed by atoms with Crippen molar-refractivity contribution in [3.8, 4) is 0 Å². The van der Waals surface area contributed by atoms with Gasteiger partial charge in [-0.2, -0.15) is 0 Å². The van der Waals surface area contributed by atoms with Gasteiger partial charge in [-0.15, -0.1) is 0 Å². The third-order valence-corrected chi connectivity index (χ3v) is 10.2. The molecule has 3 atom stereocenters. The van der Waals surface area contributed by atoms with Gasteiger partial charge in [0.1, 0.15) is 5.69 Å². The number of ketones is 1.